The topological polar surface area (TPSA) is 18.5 Å². The van der Waals surface area contributed by atoms with Crippen molar-refractivity contribution in [2.75, 3.05) is 13.2 Å². The van der Waals surface area contributed by atoms with E-state index in [0.717, 1.165) is 26.1 Å². The van der Waals surface area contributed by atoms with Gasteiger partial charge >= 0.3 is 0 Å². The van der Waals surface area contributed by atoms with Crippen LogP contribution in [-0.2, 0) is 9.47 Å². The molecule has 0 atom stereocenters. The van der Waals surface area contributed by atoms with E-state index in [1.165, 1.54) is 64.2 Å². The third-order valence-corrected chi connectivity index (χ3v) is 4.26. The molecule has 0 aromatic heterocycles. The molecule has 1 fully saturated rings. The molecule has 1 aliphatic heterocycles. The molecule has 1 saturated heterocycles. The summed E-state index contributed by atoms with van der Waals surface area (Å²) < 4.78 is 11.5. The molecule has 2 heteroatoms. The Morgan fingerprint density at radius 3 is 1.63 bits per heavy atom. The van der Waals surface area contributed by atoms with E-state index in [0.29, 0.717) is 0 Å². The summed E-state index contributed by atoms with van der Waals surface area (Å²) in [6.07, 6.45) is 16.0. The van der Waals surface area contributed by atoms with Crippen molar-refractivity contribution >= 4 is 0 Å². The highest BCUT2D eigenvalue weighted by atomic mass is 16.7. The molecule has 0 amide bonds. The molecule has 0 unspecified atom stereocenters. The molecule has 114 valence electrons. The van der Waals surface area contributed by atoms with Crippen LogP contribution >= 0.6 is 0 Å². The molecule has 0 radical (unpaired) electrons. The summed E-state index contributed by atoms with van der Waals surface area (Å²) in [5.41, 5.74) is 0. The molecule has 0 aromatic rings. The third kappa shape index (κ3) is 7.31. The van der Waals surface area contributed by atoms with Crippen molar-refractivity contribution in [2.24, 2.45) is 0 Å². The average Bonchev–Trinajstić information content (AvgIpc) is 2.90. The van der Waals surface area contributed by atoms with Crippen LogP contribution < -0.4 is 0 Å². The van der Waals surface area contributed by atoms with Gasteiger partial charge in [0.2, 0.25) is 0 Å². The molecule has 0 saturated carbocycles. The number of hydrogen-bond acceptors (Lipinski definition) is 2. The molecule has 1 rings (SSSR count). The zero-order valence-electron chi connectivity index (χ0n) is 13.2. The Balaban J connectivity index is 1.85. The first kappa shape index (κ1) is 17.0. The molecule has 1 aliphatic rings. The quantitative estimate of drug-likeness (QED) is 0.439. The molecule has 0 N–H and O–H groups in total. The standard InChI is InChI=1S/C17H34O2/c1-3-5-6-7-8-9-10-11-12-13-14-17(4-2)18-15-16-19-17/h3-16H2,1-2H3. The molecular weight excluding hydrogens is 236 g/mol. The highest BCUT2D eigenvalue weighted by Crippen LogP contribution is 2.29. The van der Waals surface area contributed by atoms with Crippen LogP contribution in [0.25, 0.3) is 0 Å². The van der Waals surface area contributed by atoms with E-state index < -0.39 is 0 Å². The summed E-state index contributed by atoms with van der Waals surface area (Å²) in [6, 6.07) is 0. The number of hydrogen-bond donors (Lipinski definition) is 0. The average molecular weight is 270 g/mol. The van der Waals surface area contributed by atoms with Gasteiger partial charge in [-0.3, -0.25) is 0 Å². The van der Waals surface area contributed by atoms with Gasteiger partial charge < -0.3 is 9.47 Å². The Morgan fingerprint density at radius 2 is 1.16 bits per heavy atom. The number of unbranched alkanes of at least 4 members (excludes halogenated alkanes) is 9. The maximum absolute atomic E-state index is 5.75. The van der Waals surface area contributed by atoms with E-state index >= 15 is 0 Å². The molecule has 19 heavy (non-hydrogen) atoms. The fraction of sp³-hybridized carbons (Fsp3) is 1.00. The predicted octanol–water partition coefficient (Wildman–Crippen LogP) is 5.45. The van der Waals surface area contributed by atoms with Crippen LogP contribution in [0.2, 0.25) is 0 Å². The molecule has 0 bridgehead atoms. The van der Waals surface area contributed by atoms with Crippen molar-refractivity contribution in [3.8, 4) is 0 Å². The van der Waals surface area contributed by atoms with Crippen molar-refractivity contribution in [3.63, 3.8) is 0 Å². The monoisotopic (exact) mass is 270 g/mol. The Morgan fingerprint density at radius 1 is 0.684 bits per heavy atom. The highest BCUT2D eigenvalue weighted by molar-refractivity contribution is 4.72. The fourth-order valence-electron chi connectivity index (χ4n) is 2.90. The van der Waals surface area contributed by atoms with Crippen LogP contribution in [0.15, 0.2) is 0 Å². The molecule has 1 heterocycles. The second-order valence-corrected chi connectivity index (χ2v) is 5.89. The van der Waals surface area contributed by atoms with Gasteiger partial charge in [-0.25, -0.2) is 0 Å². The molecule has 2 nitrogen and oxygen atoms in total. The van der Waals surface area contributed by atoms with E-state index in [2.05, 4.69) is 13.8 Å². The van der Waals surface area contributed by atoms with Crippen LogP contribution in [0.4, 0.5) is 0 Å². The summed E-state index contributed by atoms with van der Waals surface area (Å²) in [5.74, 6) is -0.222. The summed E-state index contributed by atoms with van der Waals surface area (Å²) >= 11 is 0. The minimum atomic E-state index is -0.222. The summed E-state index contributed by atoms with van der Waals surface area (Å²) in [5, 5.41) is 0. The van der Waals surface area contributed by atoms with Gasteiger partial charge in [-0.1, -0.05) is 71.6 Å². The Labute approximate surface area is 120 Å². The van der Waals surface area contributed by atoms with Crippen molar-refractivity contribution in [3.05, 3.63) is 0 Å². The SMILES string of the molecule is CCCCCCCCCCCCC1(CC)OCCO1. The summed E-state index contributed by atoms with van der Waals surface area (Å²) in [4.78, 5) is 0. The van der Waals surface area contributed by atoms with Crippen LogP contribution in [0.1, 0.15) is 90.9 Å². The number of ether oxygens (including phenoxy) is 2. The van der Waals surface area contributed by atoms with Crippen molar-refractivity contribution in [2.45, 2.75) is 96.7 Å². The highest BCUT2D eigenvalue weighted by Gasteiger charge is 2.33. The maximum Gasteiger partial charge on any atom is 0.168 e. The Kier molecular flexibility index (Phi) is 9.54. The Bertz CT molecular complexity index is 197. The zero-order chi connectivity index (χ0) is 13.8. The minimum Gasteiger partial charge on any atom is -0.348 e. The smallest absolute Gasteiger partial charge is 0.168 e. The first-order valence-corrected chi connectivity index (χ1v) is 8.61. The zero-order valence-corrected chi connectivity index (χ0v) is 13.2. The van der Waals surface area contributed by atoms with Crippen LogP contribution in [0, 0.1) is 0 Å². The summed E-state index contributed by atoms with van der Waals surface area (Å²) in [6.45, 7) is 6.01. The van der Waals surface area contributed by atoms with Gasteiger partial charge in [-0.05, 0) is 12.8 Å². The second kappa shape index (κ2) is 10.7. The van der Waals surface area contributed by atoms with Crippen molar-refractivity contribution < 1.29 is 9.47 Å². The molecule has 0 spiro atoms. The van der Waals surface area contributed by atoms with Gasteiger partial charge in [0.15, 0.2) is 5.79 Å². The van der Waals surface area contributed by atoms with E-state index in [9.17, 15) is 0 Å². The first-order valence-electron chi connectivity index (χ1n) is 8.61. The van der Waals surface area contributed by atoms with E-state index in [4.69, 9.17) is 9.47 Å². The lowest BCUT2D eigenvalue weighted by molar-refractivity contribution is -0.164. The van der Waals surface area contributed by atoms with Crippen molar-refractivity contribution in [1.29, 1.82) is 0 Å². The van der Waals surface area contributed by atoms with Gasteiger partial charge in [0.05, 0.1) is 13.2 Å². The molecule has 0 aromatic carbocycles. The predicted molar refractivity (Wildman–Crippen MR) is 81.4 cm³/mol. The largest absolute Gasteiger partial charge is 0.348 e. The van der Waals surface area contributed by atoms with E-state index in [-0.39, 0.29) is 5.79 Å². The van der Waals surface area contributed by atoms with Crippen LogP contribution in [-0.4, -0.2) is 19.0 Å². The van der Waals surface area contributed by atoms with Gasteiger partial charge in [0.25, 0.3) is 0 Å². The molecule has 0 aliphatic carbocycles. The van der Waals surface area contributed by atoms with Crippen LogP contribution in [0.5, 0.6) is 0 Å². The lowest BCUT2D eigenvalue weighted by Gasteiger charge is -2.25. The normalized spacial score (nSPS) is 18.0. The minimum absolute atomic E-state index is 0.222. The van der Waals surface area contributed by atoms with Crippen LogP contribution in [0.3, 0.4) is 0 Å². The van der Waals surface area contributed by atoms with E-state index in [1.54, 1.807) is 0 Å². The van der Waals surface area contributed by atoms with Crippen molar-refractivity contribution in [1.82, 2.24) is 0 Å². The van der Waals surface area contributed by atoms with Gasteiger partial charge in [0.1, 0.15) is 0 Å². The van der Waals surface area contributed by atoms with E-state index in [1.807, 2.05) is 0 Å². The maximum atomic E-state index is 5.75. The second-order valence-electron chi connectivity index (χ2n) is 5.89. The Hall–Kier alpha value is -0.0800. The number of rotatable bonds is 12. The fourth-order valence-corrected chi connectivity index (χ4v) is 2.90. The van der Waals surface area contributed by atoms with Gasteiger partial charge in [-0.15, -0.1) is 0 Å². The first-order chi connectivity index (χ1) is 9.33. The third-order valence-electron chi connectivity index (χ3n) is 4.26. The van der Waals surface area contributed by atoms with Gasteiger partial charge in [0, 0.05) is 6.42 Å². The lowest BCUT2D eigenvalue weighted by Crippen LogP contribution is -2.28. The molecular formula is C17H34O2. The van der Waals surface area contributed by atoms with Gasteiger partial charge in [-0.2, -0.15) is 0 Å². The summed E-state index contributed by atoms with van der Waals surface area (Å²) in [7, 11) is 0. The lowest BCUT2D eigenvalue weighted by atomic mass is 10.0.